The van der Waals surface area contributed by atoms with Crippen molar-refractivity contribution in [1.29, 1.82) is 0 Å². The Morgan fingerprint density at radius 1 is 1.41 bits per heavy atom. The van der Waals surface area contributed by atoms with Crippen LogP contribution >= 0.6 is 27.5 Å². The van der Waals surface area contributed by atoms with Crippen molar-refractivity contribution < 1.29 is 4.39 Å². The molecular formula is C10H7BrClFN4. The van der Waals surface area contributed by atoms with E-state index in [0.29, 0.717) is 21.0 Å². The van der Waals surface area contributed by atoms with Crippen molar-refractivity contribution in [3.05, 3.63) is 39.7 Å². The first kappa shape index (κ1) is 12.1. The number of aromatic nitrogens is 2. The molecule has 3 N–H and O–H groups in total. The summed E-state index contributed by atoms with van der Waals surface area (Å²) in [4.78, 5) is 7.64. The fraction of sp³-hybridized carbons (Fsp3) is 0. The first-order valence-corrected chi connectivity index (χ1v) is 5.73. The largest absolute Gasteiger partial charge is 0.368 e. The molecule has 0 bridgehead atoms. The van der Waals surface area contributed by atoms with E-state index in [1.165, 1.54) is 12.3 Å². The van der Waals surface area contributed by atoms with Crippen molar-refractivity contribution in [3.63, 3.8) is 0 Å². The third-order valence-corrected chi connectivity index (χ3v) is 2.86. The summed E-state index contributed by atoms with van der Waals surface area (Å²) in [6, 6.07) is 4.58. The summed E-state index contributed by atoms with van der Waals surface area (Å²) in [5.74, 6) is 0.0449. The van der Waals surface area contributed by atoms with Gasteiger partial charge in [0.15, 0.2) is 5.82 Å². The monoisotopic (exact) mass is 316 g/mol. The SMILES string of the molecule is Nc1ncc(Cl)c(Nc2ccc(Br)c(F)c2)n1. The predicted molar refractivity (Wildman–Crippen MR) is 68.8 cm³/mol. The standard InChI is InChI=1S/C10H7BrClFN4/c11-6-2-1-5(3-8(6)13)16-9-7(12)4-15-10(14)17-9/h1-4H,(H3,14,15,16,17). The van der Waals surface area contributed by atoms with Gasteiger partial charge >= 0.3 is 0 Å². The van der Waals surface area contributed by atoms with Gasteiger partial charge in [-0.2, -0.15) is 4.98 Å². The number of nitrogens with zero attached hydrogens (tertiary/aromatic N) is 2. The number of nitrogens with one attached hydrogen (secondary N) is 1. The zero-order chi connectivity index (χ0) is 12.4. The fourth-order valence-electron chi connectivity index (χ4n) is 1.18. The van der Waals surface area contributed by atoms with Crippen LogP contribution < -0.4 is 11.1 Å². The van der Waals surface area contributed by atoms with E-state index < -0.39 is 0 Å². The van der Waals surface area contributed by atoms with Crippen molar-refractivity contribution in [3.8, 4) is 0 Å². The Kier molecular flexibility index (Phi) is 3.44. The Morgan fingerprint density at radius 3 is 2.88 bits per heavy atom. The highest BCUT2D eigenvalue weighted by Crippen LogP contribution is 2.25. The highest BCUT2D eigenvalue weighted by atomic mass is 79.9. The van der Waals surface area contributed by atoms with Gasteiger partial charge in [-0.05, 0) is 34.1 Å². The Morgan fingerprint density at radius 2 is 2.18 bits per heavy atom. The molecule has 2 rings (SSSR count). The number of nitrogen functional groups attached to an aromatic ring is 1. The fourth-order valence-corrected chi connectivity index (χ4v) is 1.56. The van der Waals surface area contributed by atoms with E-state index in [-0.39, 0.29) is 11.8 Å². The summed E-state index contributed by atoms with van der Waals surface area (Å²) in [6.45, 7) is 0. The first-order chi connectivity index (χ1) is 8.06. The minimum atomic E-state index is -0.381. The molecule has 0 aliphatic rings. The zero-order valence-electron chi connectivity index (χ0n) is 8.42. The number of anilines is 3. The highest BCUT2D eigenvalue weighted by Gasteiger charge is 2.06. The summed E-state index contributed by atoms with van der Waals surface area (Å²) in [5, 5.41) is 3.17. The molecule has 0 saturated heterocycles. The van der Waals surface area contributed by atoms with Crippen LogP contribution in [-0.2, 0) is 0 Å². The van der Waals surface area contributed by atoms with Crippen molar-refractivity contribution in [2.75, 3.05) is 11.1 Å². The van der Waals surface area contributed by atoms with Crippen LogP contribution in [-0.4, -0.2) is 9.97 Å². The van der Waals surface area contributed by atoms with Crippen LogP contribution in [0.25, 0.3) is 0 Å². The normalized spacial score (nSPS) is 10.3. The average Bonchev–Trinajstić information content (AvgIpc) is 2.29. The van der Waals surface area contributed by atoms with E-state index in [9.17, 15) is 4.39 Å². The molecule has 1 heterocycles. The Bertz CT molecular complexity index is 564. The molecule has 0 aliphatic heterocycles. The Hall–Kier alpha value is -1.40. The molecule has 0 fully saturated rings. The molecule has 88 valence electrons. The maximum absolute atomic E-state index is 13.3. The molecule has 0 amide bonds. The lowest BCUT2D eigenvalue weighted by Crippen LogP contribution is -2.00. The minimum Gasteiger partial charge on any atom is -0.368 e. The Labute approximate surface area is 110 Å². The molecule has 0 aliphatic carbocycles. The smallest absolute Gasteiger partial charge is 0.222 e. The van der Waals surface area contributed by atoms with Crippen molar-refractivity contribution in [2.45, 2.75) is 0 Å². The second-order valence-electron chi connectivity index (χ2n) is 3.18. The quantitative estimate of drug-likeness (QED) is 0.891. The predicted octanol–water partition coefficient (Wildman–Crippen LogP) is 3.36. The van der Waals surface area contributed by atoms with Crippen LogP contribution in [0.3, 0.4) is 0 Å². The number of benzene rings is 1. The maximum Gasteiger partial charge on any atom is 0.222 e. The molecule has 17 heavy (non-hydrogen) atoms. The van der Waals surface area contributed by atoms with Crippen molar-refractivity contribution >= 4 is 45.0 Å². The van der Waals surface area contributed by atoms with Crippen LogP contribution in [0.15, 0.2) is 28.9 Å². The number of nitrogens with two attached hydrogens (primary N) is 1. The maximum atomic E-state index is 13.3. The summed E-state index contributed by atoms with van der Waals surface area (Å²) in [7, 11) is 0. The summed E-state index contributed by atoms with van der Waals surface area (Å²) < 4.78 is 13.7. The van der Waals surface area contributed by atoms with Crippen LogP contribution in [0, 0.1) is 5.82 Å². The molecule has 0 atom stereocenters. The summed E-state index contributed by atoms with van der Waals surface area (Å²) in [6.07, 6.45) is 1.38. The third kappa shape index (κ3) is 2.83. The van der Waals surface area contributed by atoms with E-state index in [4.69, 9.17) is 17.3 Å². The van der Waals surface area contributed by atoms with E-state index in [0.717, 1.165) is 0 Å². The zero-order valence-corrected chi connectivity index (χ0v) is 10.8. The van der Waals surface area contributed by atoms with Crippen LogP contribution in [0.5, 0.6) is 0 Å². The van der Waals surface area contributed by atoms with Gasteiger partial charge < -0.3 is 11.1 Å². The first-order valence-electron chi connectivity index (χ1n) is 4.56. The minimum absolute atomic E-state index is 0.0921. The van der Waals surface area contributed by atoms with Gasteiger partial charge in [-0.25, -0.2) is 9.37 Å². The highest BCUT2D eigenvalue weighted by molar-refractivity contribution is 9.10. The van der Waals surface area contributed by atoms with E-state index >= 15 is 0 Å². The lowest BCUT2D eigenvalue weighted by atomic mass is 10.3. The molecule has 0 saturated carbocycles. The van der Waals surface area contributed by atoms with Gasteiger partial charge in [0.25, 0.3) is 0 Å². The van der Waals surface area contributed by atoms with Gasteiger partial charge in [0.05, 0.1) is 10.7 Å². The molecule has 2 aromatic rings. The molecular weight excluding hydrogens is 310 g/mol. The lowest BCUT2D eigenvalue weighted by molar-refractivity contribution is 0.622. The average molecular weight is 318 g/mol. The molecule has 1 aromatic carbocycles. The third-order valence-electron chi connectivity index (χ3n) is 1.95. The van der Waals surface area contributed by atoms with E-state index in [1.54, 1.807) is 12.1 Å². The molecule has 1 aromatic heterocycles. The summed E-state index contributed by atoms with van der Waals surface area (Å²) in [5.41, 5.74) is 5.95. The topological polar surface area (TPSA) is 63.8 Å². The van der Waals surface area contributed by atoms with E-state index in [1.807, 2.05) is 0 Å². The molecule has 7 heteroatoms. The van der Waals surface area contributed by atoms with Crippen molar-refractivity contribution in [1.82, 2.24) is 9.97 Å². The van der Waals surface area contributed by atoms with Crippen LogP contribution in [0.1, 0.15) is 0 Å². The van der Waals surface area contributed by atoms with Gasteiger partial charge in [-0.3, -0.25) is 0 Å². The van der Waals surface area contributed by atoms with Gasteiger partial charge in [0.2, 0.25) is 5.95 Å². The summed E-state index contributed by atoms with van der Waals surface area (Å²) >= 11 is 8.94. The Balaban J connectivity index is 2.31. The molecule has 0 radical (unpaired) electrons. The van der Waals surface area contributed by atoms with Gasteiger partial charge in [0.1, 0.15) is 10.8 Å². The molecule has 0 unspecified atom stereocenters. The van der Waals surface area contributed by atoms with Crippen LogP contribution in [0.2, 0.25) is 5.02 Å². The number of halogens is 3. The number of rotatable bonds is 2. The second kappa shape index (κ2) is 4.85. The van der Waals surface area contributed by atoms with Gasteiger partial charge in [-0.1, -0.05) is 11.6 Å². The molecule has 4 nitrogen and oxygen atoms in total. The van der Waals surface area contributed by atoms with Gasteiger partial charge in [0, 0.05) is 5.69 Å². The lowest BCUT2D eigenvalue weighted by Gasteiger charge is -2.07. The van der Waals surface area contributed by atoms with Gasteiger partial charge in [-0.15, -0.1) is 0 Å². The van der Waals surface area contributed by atoms with Crippen LogP contribution in [0.4, 0.5) is 21.8 Å². The second-order valence-corrected chi connectivity index (χ2v) is 4.44. The number of hydrogen-bond donors (Lipinski definition) is 2. The van der Waals surface area contributed by atoms with Crippen molar-refractivity contribution in [2.24, 2.45) is 0 Å². The molecule has 0 spiro atoms. The number of hydrogen-bond acceptors (Lipinski definition) is 4. The van der Waals surface area contributed by atoms with E-state index in [2.05, 4.69) is 31.2 Å².